The number of thioether (sulfide) groups is 1. The van der Waals surface area contributed by atoms with E-state index in [2.05, 4.69) is 69.4 Å². The molecule has 0 spiro atoms. The van der Waals surface area contributed by atoms with E-state index in [0.29, 0.717) is 0 Å². The molecule has 0 radical (unpaired) electrons. The van der Waals surface area contributed by atoms with E-state index >= 15 is 0 Å². The molecule has 25 heavy (non-hydrogen) atoms. The Morgan fingerprint density at radius 1 is 0.920 bits per heavy atom. The largest absolute Gasteiger partial charge is 0.212 e. The maximum Gasteiger partial charge on any atom is 0.212 e. The second-order valence-corrected chi connectivity index (χ2v) is 7.61. The van der Waals surface area contributed by atoms with Gasteiger partial charge in [-0.3, -0.25) is 0 Å². The zero-order valence-corrected chi connectivity index (χ0v) is 16.0. The predicted molar refractivity (Wildman–Crippen MR) is 105 cm³/mol. The lowest BCUT2D eigenvalue weighted by Gasteiger charge is -2.04. The van der Waals surface area contributed by atoms with Crippen LogP contribution in [0.5, 0.6) is 0 Å². The van der Waals surface area contributed by atoms with Crippen molar-refractivity contribution in [2.75, 3.05) is 0 Å². The first-order valence-electron chi connectivity index (χ1n) is 7.86. The highest BCUT2D eigenvalue weighted by molar-refractivity contribution is 9.10. The van der Waals surface area contributed by atoms with E-state index in [1.165, 1.54) is 11.1 Å². The summed E-state index contributed by atoms with van der Waals surface area (Å²) in [5.41, 5.74) is 5.23. The van der Waals surface area contributed by atoms with E-state index < -0.39 is 0 Å². The number of fused-ring (bicyclic) bond motifs is 1. The third-order valence-electron chi connectivity index (χ3n) is 3.86. The molecule has 0 bridgehead atoms. The van der Waals surface area contributed by atoms with Crippen LogP contribution in [0.2, 0.25) is 0 Å². The molecule has 4 rings (SSSR count). The number of hydrogen-bond donors (Lipinski definition) is 0. The van der Waals surface area contributed by atoms with Gasteiger partial charge in [0.25, 0.3) is 0 Å². The monoisotopic (exact) mass is 410 g/mol. The van der Waals surface area contributed by atoms with E-state index in [4.69, 9.17) is 5.10 Å². The Hall–Kier alpha value is -2.18. The van der Waals surface area contributed by atoms with Crippen LogP contribution >= 0.6 is 27.7 Å². The van der Waals surface area contributed by atoms with E-state index in [-0.39, 0.29) is 0 Å². The van der Waals surface area contributed by atoms with Crippen molar-refractivity contribution in [3.05, 3.63) is 76.3 Å². The lowest BCUT2D eigenvalue weighted by atomic mass is 10.1. The van der Waals surface area contributed by atoms with Crippen LogP contribution in [0.15, 0.2) is 70.3 Å². The minimum absolute atomic E-state index is 0.758. The molecular weight excluding hydrogens is 396 g/mol. The molecule has 0 fully saturated rings. The number of rotatable bonds is 4. The van der Waals surface area contributed by atoms with Crippen LogP contribution in [0.1, 0.15) is 11.1 Å². The molecule has 4 aromatic rings. The Bertz CT molecular complexity index is 1010. The number of hydrogen-bond acceptors (Lipinski definition) is 4. The molecular formula is C19H15BrN4S. The Kier molecular flexibility index (Phi) is 4.55. The number of nitrogens with zero attached hydrogens (tertiary/aromatic N) is 4. The van der Waals surface area contributed by atoms with Crippen LogP contribution in [-0.4, -0.2) is 19.8 Å². The highest BCUT2D eigenvalue weighted by Gasteiger charge is 2.09. The Balaban J connectivity index is 1.62. The van der Waals surface area contributed by atoms with Crippen molar-refractivity contribution in [3.63, 3.8) is 0 Å². The summed E-state index contributed by atoms with van der Waals surface area (Å²) in [5, 5.41) is 14.0. The summed E-state index contributed by atoms with van der Waals surface area (Å²) >= 11 is 5.09. The minimum atomic E-state index is 0.758. The fourth-order valence-corrected chi connectivity index (χ4v) is 3.57. The van der Waals surface area contributed by atoms with Crippen LogP contribution in [0.25, 0.3) is 16.9 Å². The average molecular weight is 411 g/mol. The SMILES string of the molecule is Cc1ccc(-c2ccc3nnc(SCc4ccc(Br)cc4)n3n2)cc1. The van der Waals surface area contributed by atoms with Gasteiger partial charge >= 0.3 is 0 Å². The molecule has 0 aliphatic rings. The topological polar surface area (TPSA) is 43.1 Å². The van der Waals surface area contributed by atoms with Gasteiger partial charge < -0.3 is 0 Å². The summed E-state index contributed by atoms with van der Waals surface area (Å²) in [4.78, 5) is 0. The van der Waals surface area contributed by atoms with Crippen LogP contribution in [0, 0.1) is 6.92 Å². The molecule has 0 N–H and O–H groups in total. The number of aromatic nitrogens is 4. The predicted octanol–water partition coefficient (Wildman–Crippen LogP) is 5.15. The van der Waals surface area contributed by atoms with Gasteiger partial charge in [-0.15, -0.1) is 10.2 Å². The molecule has 0 aliphatic carbocycles. The first kappa shape index (κ1) is 16.3. The Labute approximate surface area is 158 Å². The van der Waals surface area contributed by atoms with Gasteiger partial charge in [-0.25, -0.2) is 0 Å². The number of halogens is 1. The zero-order valence-electron chi connectivity index (χ0n) is 13.6. The Morgan fingerprint density at radius 3 is 2.44 bits per heavy atom. The maximum atomic E-state index is 4.72. The molecule has 6 heteroatoms. The molecule has 124 valence electrons. The van der Waals surface area contributed by atoms with Crippen LogP contribution in [-0.2, 0) is 5.75 Å². The maximum absolute atomic E-state index is 4.72. The molecule has 0 aliphatic heterocycles. The van der Waals surface area contributed by atoms with Gasteiger partial charge in [0, 0.05) is 15.8 Å². The standard InChI is InChI=1S/C19H15BrN4S/c1-13-2-6-15(7-3-13)17-10-11-18-21-22-19(24(18)23-17)25-12-14-4-8-16(20)9-5-14/h2-11H,12H2,1H3. The van der Waals surface area contributed by atoms with Crippen LogP contribution in [0.4, 0.5) is 0 Å². The van der Waals surface area contributed by atoms with E-state index in [9.17, 15) is 0 Å². The number of benzene rings is 2. The van der Waals surface area contributed by atoms with Crippen LogP contribution < -0.4 is 0 Å². The first-order valence-corrected chi connectivity index (χ1v) is 9.64. The number of aryl methyl sites for hydroxylation is 1. The van der Waals surface area contributed by atoms with Gasteiger partial charge in [0.15, 0.2) is 5.65 Å². The molecule has 2 aromatic heterocycles. The molecule has 0 saturated heterocycles. The van der Waals surface area contributed by atoms with Gasteiger partial charge in [0.05, 0.1) is 5.69 Å². The molecule has 0 atom stereocenters. The van der Waals surface area contributed by atoms with Crippen molar-refractivity contribution in [3.8, 4) is 11.3 Å². The van der Waals surface area contributed by atoms with Crippen molar-refractivity contribution >= 4 is 33.3 Å². The summed E-state index contributed by atoms with van der Waals surface area (Å²) in [6, 6.07) is 20.6. The highest BCUT2D eigenvalue weighted by atomic mass is 79.9. The Morgan fingerprint density at radius 2 is 1.68 bits per heavy atom. The van der Waals surface area contributed by atoms with Gasteiger partial charge in [-0.2, -0.15) is 9.61 Å². The average Bonchev–Trinajstić information content (AvgIpc) is 3.04. The lowest BCUT2D eigenvalue weighted by Crippen LogP contribution is -1.96. The van der Waals surface area contributed by atoms with Crippen molar-refractivity contribution in [1.29, 1.82) is 0 Å². The van der Waals surface area contributed by atoms with Crippen molar-refractivity contribution in [2.24, 2.45) is 0 Å². The van der Waals surface area contributed by atoms with Gasteiger partial charge in [-0.05, 0) is 36.8 Å². The molecule has 0 amide bonds. The third-order valence-corrected chi connectivity index (χ3v) is 5.38. The summed E-state index contributed by atoms with van der Waals surface area (Å²) in [7, 11) is 0. The molecule has 2 heterocycles. The molecule has 0 unspecified atom stereocenters. The van der Waals surface area contributed by atoms with Gasteiger partial charge in [-0.1, -0.05) is 69.7 Å². The smallest absolute Gasteiger partial charge is 0.187 e. The third kappa shape index (κ3) is 3.60. The van der Waals surface area contributed by atoms with Crippen molar-refractivity contribution in [2.45, 2.75) is 17.8 Å². The van der Waals surface area contributed by atoms with Gasteiger partial charge in [0.1, 0.15) is 0 Å². The molecule has 2 aromatic carbocycles. The summed E-state index contributed by atoms with van der Waals surface area (Å²) in [5.74, 6) is 0.824. The van der Waals surface area contributed by atoms with Gasteiger partial charge in [0.2, 0.25) is 5.16 Å². The summed E-state index contributed by atoms with van der Waals surface area (Å²) in [6.45, 7) is 2.08. The minimum Gasteiger partial charge on any atom is -0.187 e. The highest BCUT2D eigenvalue weighted by Crippen LogP contribution is 2.24. The quantitative estimate of drug-likeness (QED) is 0.436. The molecule has 0 saturated carbocycles. The van der Waals surface area contributed by atoms with E-state index in [1.54, 1.807) is 11.8 Å². The normalized spacial score (nSPS) is 11.1. The van der Waals surface area contributed by atoms with E-state index in [0.717, 1.165) is 32.3 Å². The summed E-state index contributed by atoms with van der Waals surface area (Å²) < 4.78 is 2.90. The fourth-order valence-electron chi connectivity index (χ4n) is 2.47. The molecule has 4 nitrogen and oxygen atoms in total. The zero-order chi connectivity index (χ0) is 17.2. The van der Waals surface area contributed by atoms with Crippen molar-refractivity contribution in [1.82, 2.24) is 19.8 Å². The van der Waals surface area contributed by atoms with E-state index in [1.807, 2.05) is 28.8 Å². The van der Waals surface area contributed by atoms with Crippen molar-refractivity contribution < 1.29 is 0 Å². The first-order chi connectivity index (χ1) is 12.2. The lowest BCUT2D eigenvalue weighted by molar-refractivity contribution is 0.813. The van der Waals surface area contributed by atoms with Crippen LogP contribution in [0.3, 0.4) is 0 Å². The fraction of sp³-hybridized carbons (Fsp3) is 0.105. The second-order valence-electron chi connectivity index (χ2n) is 5.75. The second kappa shape index (κ2) is 6.98. The summed E-state index contributed by atoms with van der Waals surface area (Å²) in [6.07, 6.45) is 0.